The van der Waals surface area contributed by atoms with Gasteiger partial charge in [0.15, 0.2) is 0 Å². The van der Waals surface area contributed by atoms with Crippen molar-refractivity contribution in [2.75, 3.05) is 0 Å². The standard InChI is InChI=1S/C60H39N5OS/c1-3-18-42(19-4-1)67(43-20-5-2-6-21-43,56-33-17-25-48-47-24-9-16-32-55(47)66-59(48)56)44-36-34-40(35-37-44)41-38-57(63-50-27-11-7-22-45(50)46-23-8-12-28-51(46)63)62-58(39-41)65-54-31-15-14-30-53(54)64-52-29-13-10-26-49(52)61-60(64)65/h1-39H. The fourth-order valence-electron chi connectivity index (χ4n) is 10.5. The maximum Gasteiger partial charge on any atom is 0.221 e. The number of hydrogen-bond donors (Lipinski definition) is 0. The summed E-state index contributed by atoms with van der Waals surface area (Å²) < 4.78 is 13.7. The Morgan fingerprint density at radius 3 is 1.57 bits per heavy atom. The molecule has 5 heterocycles. The number of benzene rings is 9. The molecule has 0 unspecified atom stereocenters. The molecule has 0 fully saturated rings. The van der Waals surface area contributed by atoms with Crippen molar-refractivity contribution in [1.29, 1.82) is 0 Å². The zero-order valence-corrected chi connectivity index (χ0v) is 36.9. The average Bonchev–Trinajstić information content (AvgIpc) is 4.15. The minimum atomic E-state index is -2.11. The van der Waals surface area contributed by atoms with E-state index in [4.69, 9.17) is 14.4 Å². The van der Waals surface area contributed by atoms with Crippen LogP contribution < -0.4 is 0 Å². The maximum absolute atomic E-state index is 6.89. The Labute approximate surface area is 386 Å². The predicted molar refractivity (Wildman–Crippen MR) is 274 cm³/mol. The molecule has 0 N–H and O–H groups in total. The van der Waals surface area contributed by atoms with Crippen LogP contribution in [0.3, 0.4) is 0 Å². The van der Waals surface area contributed by atoms with Crippen LogP contribution in [0.5, 0.6) is 0 Å². The van der Waals surface area contributed by atoms with Gasteiger partial charge in [0.2, 0.25) is 5.78 Å². The number of para-hydroxylation sites is 8. The number of furan rings is 1. The van der Waals surface area contributed by atoms with Crippen LogP contribution in [-0.2, 0) is 0 Å². The van der Waals surface area contributed by atoms with Gasteiger partial charge in [0.05, 0.1) is 33.1 Å². The Kier molecular flexibility index (Phi) is 8.26. The van der Waals surface area contributed by atoms with E-state index in [0.717, 1.165) is 83.6 Å². The van der Waals surface area contributed by atoms with E-state index in [1.165, 1.54) is 30.4 Å². The van der Waals surface area contributed by atoms with Crippen LogP contribution in [0.15, 0.2) is 261 Å². The molecule has 14 rings (SSSR count). The Morgan fingerprint density at radius 2 is 0.881 bits per heavy atom. The molecule has 0 aliphatic rings. The van der Waals surface area contributed by atoms with Gasteiger partial charge in [-0.25, -0.2) is 9.97 Å². The summed E-state index contributed by atoms with van der Waals surface area (Å²) in [7, 11) is -2.11. The average molecular weight is 878 g/mol. The second-order valence-corrected chi connectivity index (χ2v) is 20.1. The second-order valence-electron chi connectivity index (χ2n) is 17.0. The highest BCUT2D eigenvalue weighted by Gasteiger charge is 2.36. The van der Waals surface area contributed by atoms with Crippen molar-refractivity contribution in [3.8, 4) is 22.8 Å². The fraction of sp³-hybridized carbons (Fsp3) is 0. The van der Waals surface area contributed by atoms with E-state index in [2.05, 4.69) is 238 Å². The predicted octanol–water partition coefficient (Wildman–Crippen LogP) is 15.8. The van der Waals surface area contributed by atoms with E-state index in [9.17, 15) is 0 Å². The van der Waals surface area contributed by atoms with Crippen LogP contribution in [0.2, 0.25) is 0 Å². The Balaban J connectivity index is 1.04. The third-order valence-electron chi connectivity index (χ3n) is 13.4. The molecule has 0 aliphatic heterocycles. The molecule has 67 heavy (non-hydrogen) atoms. The van der Waals surface area contributed by atoms with Gasteiger partial charge in [0.1, 0.15) is 22.8 Å². The van der Waals surface area contributed by atoms with Gasteiger partial charge in [-0.3, -0.25) is 13.5 Å². The molecule has 316 valence electrons. The minimum Gasteiger partial charge on any atom is -0.455 e. The molecule has 0 atom stereocenters. The van der Waals surface area contributed by atoms with E-state index in [1.807, 2.05) is 12.1 Å². The Hall–Kier alpha value is -8.65. The molecule has 6 nitrogen and oxygen atoms in total. The lowest BCUT2D eigenvalue weighted by atomic mass is 10.1. The lowest BCUT2D eigenvalue weighted by Gasteiger charge is -2.42. The van der Waals surface area contributed by atoms with Crippen LogP contribution in [-0.4, -0.2) is 23.5 Å². The van der Waals surface area contributed by atoms with Crippen LogP contribution in [0.4, 0.5) is 0 Å². The summed E-state index contributed by atoms with van der Waals surface area (Å²) in [6.45, 7) is 0. The third kappa shape index (κ3) is 5.52. The summed E-state index contributed by atoms with van der Waals surface area (Å²) in [5.74, 6) is 2.42. The Morgan fingerprint density at radius 1 is 0.358 bits per heavy atom. The first kappa shape index (κ1) is 37.7. The number of fused-ring (bicyclic) bond motifs is 11. The topological polar surface area (TPSA) is 53.2 Å². The normalized spacial score (nSPS) is 12.4. The van der Waals surface area contributed by atoms with Gasteiger partial charge in [0.25, 0.3) is 0 Å². The summed E-state index contributed by atoms with van der Waals surface area (Å²) in [4.78, 5) is 15.7. The molecule has 0 saturated carbocycles. The van der Waals surface area contributed by atoms with Gasteiger partial charge >= 0.3 is 0 Å². The molecule has 5 aromatic heterocycles. The van der Waals surface area contributed by atoms with Gasteiger partial charge in [-0.15, -0.1) is 10.0 Å². The number of rotatable bonds is 7. The SMILES string of the molecule is c1ccc(S(c2ccccc2)(c2ccc(-c3cc(-n4c5ccccc5c5ccccc54)nc(-n4c5ccccc5n5c6ccccc6nc45)c3)cc2)c2cccc3c2oc2ccccc23)cc1. The van der Waals surface area contributed by atoms with Crippen molar-refractivity contribution in [2.24, 2.45) is 0 Å². The minimum absolute atomic E-state index is 0.782. The van der Waals surface area contributed by atoms with Crippen molar-refractivity contribution in [3.05, 3.63) is 237 Å². The number of hydrogen-bond acceptors (Lipinski definition) is 3. The quantitative estimate of drug-likeness (QED) is 0.160. The van der Waals surface area contributed by atoms with E-state index in [0.29, 0.717) is 0 Å². The van der Waals surface area contributed by atoms with Crippen LogP contribution in [0.1, 0.15) is 0 Å². The highest BCUT2D eigenvalue weighted by atomic mass is 32.3. The highest BCUT2D eigenvalue weighted by molar-refractivity contribution is 8.34. The number of imidazole rings is 2. The van der Waals surface area contributed by atoms with E-state index < -0.39 is 10.0 Å². The molecule has 9 aromatic carbocycles. The molecule has 0 bridgehead atoms. The summed E-state index contributed by atoms with van der Waals surface area (Å²) in [6, 6.07) is 84.9. The highest BCUT2D eigenvalue weighted by Crippen LogP contribution is 2.74. The van der Waals surface area contributed by atoms with Crippen LogP contribution in [0, 0.1) is 0 Å². The van der Waals surface area contributed by atoms with E-state index in [-0.39, 0.29) is 0 Å². The second kappa shape index (κ2) is 14.7. The smallest absolute Gasteiger partial charge is 0.221 e. The molecule has 0 saturated heterocycles. The molecule has 14 aromatic rings. The lowest BCUT2D eigenvalue weighted by molar-refractivity contribution is 0.659. The van der Waals surface area contributed by atoms with Gasteiger partial charge in [-0.1, -0.05) is 140 Å². The van der Waals surface area contributed by atoms with Crippen molar-refractivity contribution in [2.45, 2.75) is 19.6 Å². The van der Waals surface area contributed by atoms with Crippen molar-refractivity contribution >= 4 is 81.6 Å². The van der Waals surface area contributed by atoms with Crippen molar-refractivity contribution in [1.82, 2.24) is 23.5 Å². The molecule has 0 amide bonds. The van der Waals surface area contributed by atoms with E-state index in [1.54, 1.807) is 0 Å². The summed E-state index contributed by atoms with van der Waals surface area (Å²) in [6.07, 6.45) is 0. The maximum atomic E-state index is 6.89. The van der Waals surface area contributed by atoms with Gasteiger partial charge in [0, 0.05) is 41.1 Å². The zero-order valence-electron chi connectivity index (χ0n) is 36.1. The Bertz CT molecular complexity index is 4130. The fourth-order valence-corrected chi connectivity index (χ4v) is 14.5. The molecule has 0 radical (unpaired) electrons. The first-order valence-corrected chi connectivity index (χ1v) is 24.2. The van der Waals surface area contributed by atoms with Crippen LogP contribution in [0.25, 0.3) is 94.4 Å². The summed E-state index contributed by atoms with van der Waals surface area (Å²) >= 11 is 0. The largest absolute Gasteiger partial charge is 0.455 e. The van der Waals surface area contributed by atoms with Crippen molar-refractivity contribution in [3.63, 3.8) is 0 Å². The molecule has 0 aliphatic carbocycles. The van der Waals surface area contributed by atoms with E-state index >= 15 is 0 Å². The summed E-state index contributed by atoms with van der Waals surface area (Å²) in [5, 5.41) is 4.61. The van der Waals surface area contributed by atoms with Crippen LogP contribution >= 0.6 is 10.0 Å². The first-order valence-electron chi connectivity index (χ1n) is 22.6. The molecular weight excluding hydrogens is 839 g/mol. The number of nitrogens with zero attached hydrogens (tertiary/aromatic N) is 5. The molecule has 0 spiro atoms. The van der Waals surface area contributed by atoms with Gasteiger partial charge in [-0.05, 0) is 108 Å². The molecular formula is C60H39N5OS. The van der Waals surface area contributed by atoms with Crippen molar-refractivity contribution < 1.29 is 4.42 Å². The van der Waals surface area contributed by atoms with Gasteiger partial charge < -0.3 is 4.42 Å². The number of aromatic nitrogens is 5. The lowest BCUT2D eigenvalue weighted by Crippen LogP contribution is -2.06. The van der Waals surface area contributed by atoms with Gasteiger partial charge in [-0.2, -0.15) is 0 Å². The summed E-state index contributed by atoms with van der Waals surface area (Å²) in [5.41, 5.74) is 10.2. The first-order chi connectivity index (χ1) is 33.2. The molecule has 7 heteroatoms. The number of pyridine rings is 1. The monoisotopic (exact) mass is 877 g/mol. The zero-order chi connectivity index (χ0) is 44.1. The third-order valence-corrected chi connectivity index (χ3v) is 17.3.